The van der Waals surface area contributed by atoms with E-state index >= 15 is 0 Å². The molecule has 0 aliphatic rings. The summed E-state index contributed by atoms with van der Waals surface area (Å²) in [7, 11) is 0. The number of rotatable bonds is 2. The first-order chi connectivity index (χ1) is 7.31. The highest BCUT2D eigenvalue weighted by atomic mass is 32.1. The lowest BCUT2D eigenvalue weighted by Gasteiger charge is -1.95. The smallest absolute Gasteiger partial charge is 0.284 e. The summed E-state index contributed by atoms with van der Waals surface area (Å²) in [5, 5.41) is 10.4. The summed E-state index contributed by atoms with van der Waals surface area (Å²) in [6.45, 7) is 0. The second-order valence-corrected chi connectivity index (χ2v) is 3.92. The van der Waals surface area contributed by atoms with E-state index < -0.39 is 5.91 Å². The first-order valence-electron chi connectivity index (χ1n) is 4.39. The monoisotopic (exact) mass is 219 g/mol. The van der Waals surface area contributed by atoms with E-state index in [4.69, 9.17) is 5.21 Å². The lowest BCUT2D eigenvalue weighted by atomic mass is 10.1. The third-order valence-electron chi connectivity index (χ3n) is 2.03. The standard InChI is InChI=1S/C11H9NO2S/c13-11(12-14)10-6-9(7-15-10)8-4-2-1-3-5-8/h1-7,14H,(H,12,13). The van der Waals surface area contributed by atoms with E-state index in [1.165, 1.54) is 11.3 Å². The van der Waals surface area contributed by atoms with Gasteiger partial charge in [0.1, 0.15) is 0 Å². The molecule has 1 heterocycles. The van der Waals surface area contributed by atoms with Crippen molar-refractivity contribution in [2.75, 3.05) is 0 Å². The average molecular weight is 219 g/mol. The number of thiophene rings is 1. The van der Waals surface area contributed by atoms with E-state index in [0.717, 1.165) is 11.1 Å². The lowest BCUT2D eigenvalue weighted by molar-refractivity contribution is 0.0711. The van der Waals surface area contributed by atoms with Gasteiger partial charge in [-0.15, -0.1) is 11.3 Å². The quantitative estimate of drug-likeness (QED) is 0.602. The summed E-state index contributed by atoms with van der Waals surface area (Å²) in [5.74, 6) is -0.470. The zero-order valence-electron chi connectivity index (χ0n) is 7.81. The molecule has 0 aliphatic heterocycles. The van der Waals surface area contributed by atoms with Gasteiger partial charge in [-0.05, 0) is 22.6 Å². The number of nitrogens with one attached hydrogen (secondary N) is 1. The molecule has 1 aromatic heterocycles. The predicted molar refractivity (Wildman–Crippen MR) is 59.0 cm³/mol. The summed E-state index contributed by atoms with van der Waals surface area (Å²) in [6.07, 6.45) is 0. The second kappa shape index (κ2) is 4.25. The number of hydrogen-bond acceptors (Lipinski definition) is 3. The van der Waals surface area contributed by atoms with Crippen LogP contribution in [0.25, 0.3) is 11.1 Å². The SMILES string of the molecule is O=C(NO)c1cc(-c2ccccc2)cs1. The Morgan fingerprint density at radius 3 is 2.60 bits per heavy atom. The number of amides is 1. The summed E-state index contributed by atoms with van der Waals surface area (Å²) in [5.41, 5.74) is 3.66. The summed E-state index contributed by atoms with van der Waals surface area (Å²) < 4.78 is 0. The molecule has 1 aromatic carbocycles. The number of carbonyl (C=O) groups excluding carboxylic acids is 1. The predicted octanol–water partition coefficient (Wildman–Crippen LogP) is 2.53. The first kappa shape index (κ1) is 9.89. The van der Waals surface area contributed by atoms with Crippen LogP contribution in [0.1, 0.15) is 9.67 Å². The van der Waals surface area contributed by atoms with Gasteiger partial charge < -0.3 is 0 Å². The van der Waals surface area contributed by atoms with Gasteiger partial charge in [0.2, 0.25) is 0 Å². The van der Waals surface area contributed by atoms with Crippen molar-refractivity contribution >= 4 is 17.2 Å². The summed E-state index contributed by atoms with van der Waals surface area (Å²) >= 11 is 1.31. The van der Waals surface area contributed by atoms with Crippen molar-refractivity contribution in [2.45, 2.75) is 0 Å². The molecular weight excluding hydrogens is 210 g/mol. The van der Waals surface area contributed by atoms with E-state index in [1.807, 2.05) is 35.7 Å². The minimum Gasteiger partial charge on any atom is -0.288 e. The Kier molecular flexibility index (Phi) is 2.80. The maximum atomic E-state index is 11.1. The molecule has 0 atom stereocenters. The van der Waals surface area contributed by atoms with Crippen LogP contribution in [0.4, 0.5) is 0 Å². The molecule has 0 unspecified atom stereocenters. The fourth-order valence-electron chi connectivity index (χ4n) is 1.29. The van der Waals surface area contributed by atoms with E-state index in [2.05, 4.69) is 0 Å². The van der Waals surface area contributed by atoms with E-state index in [1.54, 1.807) is 11.5 Å². The van der Waals surface area contributed by atoms with Crippen molar-refractivity contribution in [3.05, 3.63) is 46.7 Å². The Morgan fingerprint density at radius 2 is 1.93 bits per heavy atom. The van der Waals surface area contributed by atoms with Crippen LogP contribution in [0.2, 0.25) is 0 Å². The minimum absolute atomic E-state index is 0.470. The van der Waals surface area contributed by atoms with Crippen molar-refractivity contribution in [3.8, 4) is 11.1 Å². The van der Waals surface area contributed by atoms with Crippen molar-refractivity contribution in [3.63, 3.8) is 0 Å². The normalized spacial score (nSPS) is 9.93. The fraction of sp³-hybridized carbons (Fsp3) is 0. The molecule has 2 rings (SSSR count). The third-order valence-corrected chi connectivity index (χ3v) is 2.96. The molecular formula is C11H9NO2S. The molecule has 76 valence electrons. The van der Waals surface area contributed by atoms with E-state index in [0.29, 0.717) is 4.88 Å². The Morgan fingerprint density at radius 1 is 1.20 bits per heavy atom. The summed E-state index contributed by atoms with van der Waals surface area (Å²) in [4.78, 5) is 11.6. The molecule has 0 radical (unpaired) electrons. The number of hydroxylamine groups is 1. The average Bonchev–Trinajstić information content (AvgIpc) is 2.78. The van der Waals surface area contributed by atoms with Crippen LogP contribution in [-0.4, -0.2) is 11.1 Å². The van der Waals surface area contributed by atoms with Crippen LogP contribution in [0.3, 0.4) is 0 Å². The molecule has 2 N–H and O–H groups in total. The molecule has 3 nitrogen and oxygen atoms in total. The molecule has 0 saturated heterocycles. The molecule has 0 spiro atoms. The highest BCUT2D eigenvalue weighted by Gasteiger charge is 2.08. The fourth-order valence-corrected chi connectivity index (χ4v) is 2.10. The zero-order valence-corrected chi connectivity index (χ0v) is 8.62. The van der Waals surface area contributed by atoms with Crippen molar-refractivity contribution in [1.29, 1.82) is 0 Å². The maximum Gasteiger partial charge on any atom is 0.284 e. The van der Waals surface area contributed by atoms with Gasteiger partial charge in [-0.25, -0.2) is 5.48 Å². The first-order valence-corrected chi connectivity index (χ1v) is 5.27. The van der Waals surface area contributed by atoms with Gasteiger partial charge in [0.15, 0.2) is 0 Å². The number of hydrogen-bond donors (Lipinski definition) is 2. The van der Waals surface area contributed by atoms with Gasteiger partial charge in [-0.3, -0.25) is 10.0 Å². The summed E-state index contributed by atoms with van der Waals surface area (Å²) in [6, 6.07) is 11.5. The topological polar surface area (TPSA) is 49.3 Å². The molecule has 1 amide bonds. The van der Waals surface area contributed by atoms with Gasteiger partial charge >= 0.3 is 0 Å². The molecule has 0 bridgehead atoms. The van der Waals surface area contributed by atoms with Gasteiger partial charge in [0.05, 0.1) is 4.88 Å². The molecule has 0 aliphatic carbocycles. The van der Waals surface area contributed by atoms with Crippen molar-refractivity contribution in [2.24, 2.45) is 0 Å². The van der Waals surface area contributed by atoms with Crippen LogP contribution in [0, 0.1) is 0 Å². The van der Waals surface area contributed by atoms with Crippen molar-refractivity contribution < 1.29 is 10.0 Å². The van der Waals surface area contributed by atoms with Gasteiger partial charge in [0.25, 0.3) is 5.91 Å². The van der Waals surface area contributed by atoms with E-state index in [-0.39, 0.29) is 0 Å². The number of carbonyl (C=O) groups is 1. The zero-order chi connectivity index (χ0) is 10.7. The largest absolute Gasteiger partial charge is 0.288 e. The van der Waals surface area contributed by atoms with E-state index in [9.17, 15) is 4.79 Å². The minimum atomic E-state index is -0.470. The van der Waals surface area contributed by atoms with Crippen LogP contribution >= 0.6 is 11.3 Å². The highest BCUT2D eigenvalue weighted by molar-refractivity contribution is 7.12. The van der Waals surface area contributed by atoms with Gasteiger partial charge in [-0.2, -0.15) is 0 Å². The molecule has 2 aromatic rings. The Balaban J connectivity index is 2.32. The third kappa shape index (κ3) is 2.06. The van der Waals surface area contributed by atoms with Crippen LogP contribution in [-0.2, 0) is 0 Å². The maximum absolute atomic E-state index is 11.1. The van der Waals surface area contributed by atoms with Crippen molar-refractivity contribution in [1.82, 2.24) is 5.48 Å². The highest BCUT2D eigenvalue weighted by Crippen LogP contribution is 2.25. The van der Waals surface area contributed by atoms with Crippen LogP contribution in [0.15, 0.2) is 41.8 Å². The van der Waals surface area contributed by atoms with Crippen LogP contribution < -0.4 is 5.48 Å². The molecule has 4 heteroatoms. The Bertz CT molecular complexity index is 464. The van der Waals surface area contributed by atoms with Crippen LogP contribution in [0.5, 0.6) is 0 Å². The Labute approximate surface area is 91.0 Å². The lowest BCUT2D eigenvalue weighted by Crippen LogP contribution is -2.16. The molecule has 15 heavy (non-hydrogen) atoms. The molecule has 0 saturated carbocycles. The van der Waals surface area contributed by atoms with Gasteiger partial charge in [-0.1, -0.05) is 30.3 Å². The van der Waals surface area contributed by atoms with Gasteiger partial charge in [0, 0.05) is 0 Å². The second-order valence-electron chi connectivity index (χ2n) is 3.01. The molecule has 0 fully saturated rings. The number of benzene rings is 1. The Hall–Kier alpha value is -1.65.